The van der Waals surface area contributed by atoms with Crippen LogP contribution in [0.15, 0.2) is 84.9 Å². The smallest absolute Gasteiger partial charge is 0.0116 e. The second-order valence-corrected chi connectivity index (χ2v) is 9.44. The Bertz CT molecular complexity index is 762. The molecule has 1 heteroatoms. The van der Waals surface area contributed by atoms with E-state index in [0.29, 0.717) is 0 Å². The van der Waals surface area contributed by atoms with Crippen LogP contribution in [0.5, 0.6) is 0 Å². The number of benzene rings is 3. The SMILES string of the molecule is c1ccc(P(c2ccccc2)c2ccccc2C2CCCCCC2)cc1. The van der Waals surface area contributed by atoms with E-state index < -0.39 is 7.92 Å². The zero-order valence-electron chi connectivity index (χ0n) is 15.4. The van der Waals surface area contributed by atoms with Crippen molar-refractivity contribution in [3.63, 3.8) is 0 Å². The molecule has 0 spiro atoms. The van der Waals surface area contributed by atoms with Gasteiger partial charge in [0.1, 0.15) is 0 Å². The highest BCUT2D eigenvalue weighted by Gasteiger charge is 2.23. The highest BCUT2D eigenvalue weighted by Crippen LogP contribution is 2.39. The summed E-state index contributed by atoms with van der Waals surface area (Å²) in [5, 5.41) is 4.47. The number of hydrogen-bond acceptors (Lipinski definition) is 0. The molecule has 3 aromatic carbocycles. The molecule has 1 saturated carbocycles. The monoisotopic (exact) mass is 358 g/mol. The maximum atomic E-state index is 2.41. The van der Waals surface area contributed by atoms with Gasteiger partial charge in [-0.1, -0.05) is 111 Å². The average molecular weight is 358 g/mol. The highest BCUT2D eigenvalue weighted by atomic mass is 31.1. The molecule has 0 nitrogen and oxygen atoms in total. The van der Waals surface area contributed by atoms with Gasteiger partial charge >= 0.3 is 0 Å². The van der Waals surface area contributed by atoms with Crippen molar-refractivity contribution in [1.29, 1.82) is 0 Å². The summed E-state index contributed by atoms with van der Waals surface area (Å²) < 4.78 is 0. The van der Waals surface area contributed by atoms with Crippen LogP contribution in [0.3, 0.4) is 0 Å². The van der Waals surface area contributed by atoms with Crippen molar-refractivity contribution in [2.24, 2.45) is 0 Å². The molecule has 1 aliphatic rings. The van der Waals surface area contributed by atoms with Gasteiger partial charge in [0.05, 0.1) is 0 Å². The van der Waals surface area contributed by atoms with Gasteiger partial charge in [-0.25, -0.2) is 0 Å². The summed E-state index contributed by atoms with van der Waals surface area (Å²) in [4.78, 5) is 0. The molecule has 0 unspecified atom stereocenters. The molecule has 0 atom stereocenters. The van der Waals surface area contributed by atoms with Crippen LogP contribution in [0.4, 0.5) is 0 Å². The van der Waals surface area contributed by atoms with Crippen LogP contribution in [-0.4, -0.2) is 0 Å². The lowest BCUT2D eigenvalue weighted by Crippen LogP contribution is -2.24. The maximum absolute atomic E-state index is 2.41. The summed E-state index contributed by atoms with van der Waals surface area (Å²) in [7, 11) is -0.500. The molecule has 1 aliphatic carbocycles. The second-order valence-electron chi connectivity index (χ2n) is 7.25. The van der Waals surface area contributed by atoms with E-state index in [1.54, 1.807) is 10.9 Å². The van der Waals surface area contributed by atoms with E-state index in [1.807, 2.05) is 0 Å². The molecule has 0 aliphatic heterocycles. The largest absolute Gasteiger partial charge is 0.0622 e. The Morgan fingerprint density at radius 3 is 1.62 bits per heavy atom. The van der Waals surface area contributed by atoms with Crippen molar-refractivity contribution < 1.29 is 0 Å². The van der Waals surface area contributed by atoms with Gasteiger partial charge < -0.3 is 0 Å². The van der Waals surface area contributed by atoms with Gasteiger partial charge in [-0.3, -0.25) is 0 Å². The molecular weight excluding hydrogens is 331 g/mol. The molecule has 4 rings (SSSR count). The maximum Gasteiger partial charge on any atom is -0.0116 e. The van der Waals surface area contributed by atoms with E-state index >= 15 is 0 Å². The lowest BCUT2D eigenvalue weighted by Gasteiger charge is -2.26. The minimum absolute atomic E-state index is 0.500. The lowest BCUT2D eigenvalue weighted by atomic mass is 9.92. The Kier molecular flexibility index (Phi) is 5.82. The van der Waals surface area contributed by atoms with Crippen molar-refractivity contribution >= 4 is 23.8 Å². The summed E-state index contributed by atoms with van der Waals surface area (Å²) in [5.41, 5.74) is 1.60. The molecule has 1 fully saturated rings. The fourth-order valence-electron chi connectivity index (χ4n) is 4.21. The first-order chi connectivity index (χ1) is 12.9. The molecule has 0 N–H and O–H groups in total. The molecule has 0 aromatic heterocycles. The van der Waals surface area contributed by atoms with E-state index in [2.05, 4.69) is 84.9 Å². The minimum Gasteiger partial charge on any atom is -0.0622 e. The van der Waals surface area contributed by atoms with E-state index in [4.69, 9.17) is 0 Å². The molecule has 0 amide bonds. The van der Waals surface area contributed by atoms with Crippen LogP contribution in [0, 0.1) is 0 Å². The number of rotatable bonds is 4. The zero-order chi connectivity index (χ0) is 17.6. The zero-order valence-corrected chi connectivity index (χ0v) is 16.2. The Balaban J connectivity index is 1.82. The number of hydrogen-bond donors (Lipinski definition) is 0. The van der Waals surface area contributed by atoms with Gasteiger partial charge in [0.15, 0.2) is 0 Å². The predicted octanol–water partition coefficient (Wildman–Crippen LogP) is 5.88. The van der Waals surface area contributed by atoms with Crippen LogP contribution in [0.2, 0.25) is 0 Å². The second kappa shape index (κ2) is 8.65. The van der Waals surface area contributed by atoms with Gasteiger partial charge in [-0.2, -0.15) is 0 Å². The minimum atomic E-state index is -0.500. The Labute approximate surface area is 159 Å². The third kappa shape index (κ3) is 3.92. The van der Waals surface area contributed by atoms with Crippen LogP contribution in [0.1, 0.15) is 50.0 Å². The molecule has 3 aromatic rings. The molecule has 132 valence electrons. The molecule has 0 bridgehead atoms. The van der Waals surface area contributed by atoms with E-state index in [0.717, 1.165) is 5.92 Å². The fourth-order valence-corrected chi connectivity index (χ4v) is 6.75. The standard InChI is InChI=1S/C25H27P/c1-2-6-14-21(13-5-1)24-19-11-12-20-25(24)26(22-15-7-3-8-16-22)23-17-9-4-10-18-23/h3-4,7-12,15-21H,1-2,5-6,13-14H2. The van der Waals surface area contributed by atoms with E-state index in [9.17, 15) is 0 Å². The summed E-state index contributed by atoms with van der Waals surface area (Å²) >= 11 is 0. The van der Waals surface area contributed by atoms with Gasteiger partial charge in [0.25, 0.3) is 0 Å². The van der Waals surface area contributed by atoms with E-state index in [1.165, 1.54) is 49.1 Å². The molecule has 0 radical (unpaired) electrons. The van der Waals surface area contributed by atoms with Crippen molar-refractivity contribution in [1.82, 2.24) is 0 Å². The molecular formula is C25H27P. The summed E-state index contributed by atoms with van der Waals surface area (Å²) in [6.07, 6.45) is 8.28. The molecule has 0 saturated heterocycles. The van der Waals surface area contributed by atoms with Gasteiger partial charge in [-0.15, -0.1) is 0 Å². The first kappa shape index (κ1) is 17.5. The van der Waals surface area contributed by atoms with Gasteiger partial charge in [-0.05, 0) is 48.2 Å². The predicted molar refractivity (Wildman–Crippen MR) is 116 cm³/mol. The fraction of sp³-hybridized carbons (Fsp3) is 0.280. The van der Waals surface area contributed by atoms with Crippen LogP contribution in [-0.2, 0) is 0 Å². The molecule has 26 heavy (non-hydrogen) atoms. The van der Waals surface area contributed by atoms with Crippen molar-refractivity contribution in [2.75, 3.05) is 0 Å². The highest BCUT2D eigenvalue weighted by molar-refractivity contribution is 7.79. The van der Waals surface area contributed by atoms with Crippen LogP contribution >= 0.6 is 7.92 Å². The Morgan fingerprint density at radius 1 is 0.538 bits per heavy atom. The first-order valence-electron chi connectivity index (χ1n) is 9.92. The Morgan fingerprint density at radius 2 is 1.04 bits per heavy atom. The average Bonchev–Trinajstić information content (AvgIpc) is 3.00. The normalized spacial score (nSPS) is 15.7. The van der Waals surface area contributed by atoms with Gasteiger partial charge in [0, 0.05) is 0 Å². The van der Waals surface area contributed by atoms with Gasteiger partial charge in [0.2, 0.25) is 0 Å². The van der Waals surface area contributed by atoms with Crippen molar-refractivity contribution in [2.45, 2.75) is 44.4 Å². The van der Waals surface area contributed by atoms with Crippen LogP contribution in [0.25, 0.3) is 0 Å². The summed E-state index contributed by atoms with van der Waals surface area (Å²) in [6, 6.07) is 31.5. The summed E-state index contributed by atoms with van der Waals surface area (Å²) in [6.45, 7) is 0. The van der Waals surface area contributed by atoms with Crippen molar-refractivity contribution in [3.05, 3.63) is 90.5 Å². The Hall–Kier alpha value is -1.91. The first-order valence-corrected chi connectivity index (χ1v) is 11.3. The van der Waals surface area contributed by atoms with Crippen molar-refractivity contribution in [3.8, 4) is 0 Å². The third-order valence-corrected chi connectivity index (χ3v) is 8.02. The topological polar surface area (TPSA) is 0 Å². The van der Waals surface area contributed by atoms with Crippen LogP contribution < -0.4 is 15.9 Å². The third-order valence-electron chi connectivity index (χ3n) is 5.50. The van der Waals surface area contributed by atoms with E-state index in [-0.39, 0.29) is 0 Å². The quantitative estimate of drug-likeness (QED) is 0.403. The summed E-state index contributed by atoms with van der Waals surface area (Å²) in [5.74, 6) is 0.728. The lowest BCUT2D eigenvalue weighted by molar-refractivity contribution is 0.595. The molecule has 0 heterocycles.